The Bertz CT molecular complexity index is 1900. The van der Waals surface area contributed by atoms with Gasteiger partial charge in [0, 0.05) is 29.5 Å². The van der Waals surface area contributed by atoms with Crippen LogP contribution >= 0.6 is 0 Å². The summed E-state index contributed by atoms with van der Waals surface area (Å²) in [5.74, 6) is 1.28. The van der Waals surface area contributed by atoms with E-state index in [9.17, 15) is 0 Å². The highest BCUT2D eigenvalue weighted by Crippen LogP contribution is 2.30. The molecule has 6 aromatic heterocycles. The van der Waals surface area contributed by atoms with Crippen LogP contribution in [0.2, 0.25) is 0 Å². The SMILES string of the molecule is Cc1cn(-c2ccnc3nc(-c4n[nH]c5cnc(-c6cncc(OCc7ccccc7)c6)cc45)[nH]c23)cn1. The number of rotatable bonds is 6. The van der Waals surface area contributed by atoms with Gasteiger partial charge in [0.15, 0.2) is 11.5 Å². The third-order valence-corrected chi connectivity index (χ3v) is 6.29. The number of ether oxygens (including phenoxy) is 1. The Morgan fingerprint density at radius 1 is 0.974 bits per heavy atom. The van der Waals surface area contributed by atoms with Gasteiger partial charge in [-0.1, -0.05) is 30.3 Å². The number of hydrogen-bond acceptors (Lipinski definition) is 7. The zero-order valence-corrected chi connectivity index (χ0v) is 20.3. The molecule has 0 aliphatic carbocycles. The maximum absolute atomic E-state index is 5.97. The lowest BCUT2D eigenvalue weighted by Crippen LogP contribution is -1.96. The Morgan fingerprint density at radius 2 is 1.89 bits per heavy atom. The minimum atomic E-state index is 0.463. The van der Waals surface area contributed by atoms with Crippen molar-refractivity contribution in [2.75, 3.05) is 0 Å². The van der Waals surface area contributed by atoms with Crippen molar-refractivity contribution in [2.24, 2.45) is 0 Å². The van der Waals surface area contributed by atoms with Gasteiger partial charge in [-0.25, -0.2) is 15.0 Å². The van der Waals surface area contributed by atoms with Crippen LogP contribution in [0, 0.1) is 6.92 Å². The Labute approximate surface area is 216 Å². The number of nitrogens with zero attached hydrogens (tertiary/aromatic N) is 7. The summed E-state index contributed by atoms with van der Waals surface area (Å²) < 4.78 is 7.92. The molecule has 0 unspecified atom stereocenters. The fourth-order valence-corrected chi connectivity index (χ4v) is 4.41. The molecule has 7 aromatic rings. The number of pyridine rings is 3. The highest BCUT2D eigenvalue weighted by Gasteiger charge is 2.17. The molecule has 0 saturated carbocycles. The number of aryl methyl sites for hydroxylation is 1. The van der Waals surface area contributed by atoms with Crippen molar-refractivity contribution in [2.45, 2.75) is 13.5 Å². The van der Waals surface area contributed by atoms with Crippen molar-refractivity contribution in [3.8, 4) is 34.2 Å². The summed E-state index contributed by atoms with van der Waals surface area (Å²) in [7, 11) is 0. The normalized spacial score (nSPS) is 11.4. The quantitative estimate of drug-likeness (QED) is 0.329. The monoisotopic (exact) mass is 499 g/mol. The van der Waals surface area contributed by atoms with Crippen LogP contribution < -0.4 is 4.74 Å². The molecule has 0 atom stereocenters. The van der Waals surface area contributed by atoms with Crippen LogP contribution in [0.3, 0.4) is 0 Å². The highest BCUT2D eigenvalue weighted by atomic mass is 16.5. The van der Waals surface area contributed by atoms with Crippen LogP contribution in [0.4, 0.5) is 0 Å². The smallest absolute Gasteiger partial charge is 0.180 e. The zero-order chi connectivity index (χ0) is 25.5. The van der Waals surface area contributed by atoms with Crippen molar-refractivity contribution >= 4 is 22.1 Å². The Morgan fingerprint density at radius 3 is 2.76 bits per heavy atom. The summed E-state index contributed by atoms with van der Waals surface area (Å²) >= 11 is 0. The molecule has 0 aliphatic rings. The largest absolute Gasteiger partial charge is 0.487 e. The lowest BCUT2D eigenvalue weighted by atomic mass is 10.1. The average molecular weight is 500 g/mol. The maximum Gasteiger partial charge on any atom is 0.180 e. The predicted octanol–water partition coefficient (Wildman–Crippen LogP) is 5.03. The summed E-state index contributed by atoms with van der Waals surface area (Å²) in [6.07, 6.45) is 10.7. The molecule has 38 heavy (non-hydrogen) atoms. The first-order chi connectivity index (χ1) is 18.7. The third kappa shape index (κ3) is 3.94. The molecule has 0 spiro atoms. The van der Waals surface area contributed by atoms with Gasteiger partial charge in [0.05, 0.1) is 41.3 Å². The standard InChI is InChI=1S/C28H21N9O/c1-17-14-37(16-32-17)24-7-8-30-27-26(24)33-28(34-27)25-21-10-22(31-13-23(21)35-36-25)19-9-20(12-29-11-19)38-15-18-5-3-2-4-6-18/h2-14,16H,15H2,1H3,(H,35,36)(H,30,33,34). The van der Waals surface area contributed by atoms with E-state index in [1.165, 1.54) is 0 Å². The summed E-state index contributed by atoms with van der Waals surface area (Å²) in [5.41, 5.74) is 7.40. The summed E-state index contributed by atoms with van der Waals surface area (Å²) in [6.45, 7) is 2.42. The predicted molar refractivity (Wildman–Crippen MR) is 143 cm³/mol. The maximum atomic E-state index is 5.97. The zero-order valence-electron chi connectivity index (χ0n) is 20.3. The van der Waals surface area contributed by atoms with Gasteiger partial charge in [-0.3, -0.25) is 15.1 Å². The minimum Gasteiger partial charge on any atom is -0.487 e. The van der Waals surface area contributed by atoms with Gasteiger partial charge in [0.2, 0.25) is 0 Å². The number of hydrogen-bond donors (Lipinski definition) is 2. The van der Waals surface area contributed by atoms with E-state index in [0.29, 0.717) is 29.5 Å². The number of aromatic nitrogens is 9. The molecule has 6 heterocycles. The van der Waals surface area contributed by atoms with E-state index >= 15 is 0 Å². The number of imidazole rings is 2. The summed E-state index contributed by atoms with van der Waals surface area (Å²) in [6, 6.07) is 15.9. The van der Waals surface area contributed by atoms with E-state index in [1.54, 1.807) is 31.1 Å². The molecule has 0 bridgehead atoms. The second kappa shape index (κ2) is 8.93. The number of benzene rings is 1. The van der Waals surface area contributed by atoms with Gasteiger partial charge in [0.1, 0.15) is 23.6 Å². The molecule has 0 radical (unpaired) electrons. The van der Waals surface area contributed by atoms with Crippen LogP contribution in [0.25, 0.3) is 50.5 Å². The van der Waals surface area contributed by atoms with Crippen molar-refractivity contribution in [1.29, 1.82) is 0 Å². The molecule has 0 saturated heterocycles. The number of aromatic amines is 2. The molecule has 10 heteroatoms. The first-order valence-electron chi connectivity index (χ1n) is 12.0. The van der Waals surface area contributed by atoms with Gasteiger partial charge in [-0.15, -0.1) is 0 Å². The molecular weight excluding hydrogens is 478 g/mol. The lowest BCUT2D eigenvalue weighted by molar-refractivity contribution is 0.305. The number of H-pyrrole nitrogens is 2. The molecule has 0 aliphatic heterocycles. The van der Waals surface area contributed by atoms with E-state index < -0.39 is 0 Å². The first-order valence-corrected chi connectivity index (χ1v) is 12.0. The fraction of sp³-hybridized carbons (Fsp3) is 0.0714. The van der Waals surface area contributed by atoms with Crippen LogP contribution in [0.1, 0.15) is 11.3 Å². The first kappa shape index (κ1) is 21.9. The number of fused-ring (bicyclic) bond motifs is 2. The van der Waals surface area contributed by atoms with Gasteiger partial charge in [-0.2, -0.15) is 5.10 Å². The summed E-state index contributed by atoms with van der Waals surface area (Å²) in [4.78, 5) is 25.9. The van der Waals surface area contributed by atoms with E-state index in [2.05, 4.69) is 35.1 Å². The topological polar surface area (TPSA) is 123 Å². The molecule has 0 amide bonds. The van der Waals surface area contributed by atoms with Crippen LogP contribution in [-0.4, -0.2) is 44.7 Å². The van der Waals surface area contributed by atoms with Crippen LogP contribution in [0.15, 0.2) is 85.8 Å². The molecule has 10 nitrogen and oxygen atoms in total. The average Bonchev–Trinajstić information content (AvgIpc) is 3.70. The van der Waals surface area contributed by atoms with E-state index in [4.69, 9.17) is 9.72 Å². The molecule has 184 valence electrons. The van der Waals surface area contributed by atoms with Crippen LogP contribution in [-0.2, 0) is 6.61 Å². The molecule has 0 fully saturated rings. The van der Waals surface area contributed by atoms with Crippen molar-refractivity contribution in [1.82, 2.24) is 44.7 Å². The summed E-state index contributed by atoms with van der Waals surface area (Å²) in [5, 5.41) is 8.48. The second-order valence-corrected chi connectivity index (χ2v) is 8.91. The van der Waals surface area contributed by atoms with E-state index in [-0.39, 0.29) is 0 Å². The van der Waals surface area contributed by atoms with E-state index in [0.717, 1.165) is 44.6 Å². The van der Waals surface area contributed by atoms with Gasteiger partial charge in [-0.05, 0) is 30.7 Å². The minimum absolute atomic E-state index is 0.463. The Hall–Kier alpha value is -5.38. The van der Waals surface area contributed by atoms with Gasteiger partial charge < -0.3 is 14.3 Å². The van der Waals surface area contributed by atoms with Crippen molar-refractivity contribution in [3.05, 3.63) is 97.1 Å². The fourth-order valence-electron chi connectivity index (χ4n) is 4.41. The van der Waals surface area contributed by atoms with E-state index in [1.807, 2.05) is 66.2 Å². The Kier molecular flexibility index (Phi) is 5.14. The molecule has 1 aromatic carbocycles. The lowest BCUT2D eigenvalue weighted by Gasteiger charge is -2.08. The van der Waals surface area contributed by atoms with Crippen molar-refractivity contribution < 1.29 is 4.74 Å². The van der Waals surface area contributed by atoms with Gasteiger partial charge >= 0.3 is 0 Å². The highest BCUT2D eigenvalue weighted by molar-refractivity contribution is 5.95. The molecule has 2 N–H and O–H groups in total. The van der Waals surface area contributed by atoms with Crippen LogP contribution in [0.5, 0.6) is 5.75 Å². The third-order valence-electron chi connectivity index (χ3n) is 6.29. The molecular formula is C28H21N9O. The van der Waals surface area contributed by atoms with Gasteiger partial charge in [0.25, 0.3) is 0 Å². The molecule has 7 rings (SSSR count). The van der Waals surface area contributed by atoms with Crippen molar-refractivity contribution in [3.63, 3.8) is 0 Å². The number of nitrogens with one attached hydrogen (secondary N) is 2. The second-order valence-electron chi connectivity index (χ2n) is 8.91. The Balaban J connectivity index is 1.24.